The first-order chi connectivity index (χ1) is 9.98. The summed E-state index contributed by atoms with van der Waals surface area (Å²) in [5.41, 5.74) is 12.2. The van der Waals surface area contributed by atoms with Gasteiger partial charge in [-0.3, -0.25) is 0 Å². The van der Waals surface area contributed by atoms with Gasteiger partial charge in [-0.05, 0) is 37.6 Å². The lowest BCUT2D eigenvalue weighted by atomic mass is 9.93. The largest absolute Gasteiger partial charge is 0.375 e. The van der Waals surface area contributed by atoms with E-state index in [1.54, 1.807) is 0 Å². The van der Waals surface area contributed by atoms with Gasteiger partial charge in [0.1, 0.15) is 0 Å². The molecule has 21 heavy (non-hydrogen) atoms. The molecule has 1 saturated carbocycles. The maximum atomic E-state index is 6.50. The van der Waals surface area contributed by atoms with Crippen LogP contribution in [0.15, 0.2) is 0 Å². The molecule has 0 amide bonds. The first-order valence-corrected chi connectivity index (χ1v) is 9.34. The van der Waals surface area contributed by atoms with Crippen LogP contribution in [0.2, 0.25) is 0 Å². The van der Waals surface area contributed by atoms with Crippen molar-refractivity contribution >= 4 is 11.9 Å². The van der Waals surface area contributed by atoms with E-state index in [4.69, 9.17) is 16.2 Å². The van der Waals surface area contributed by atoms with Crippen molar-refractivity contribution in [2.45, 2.75) is 63.3 Å². The topological polar surface area (TPSA) is 64.5 Å². The predicted molar refractivity (Wildman–Crippen MR) is 91.1 cm³/mol. The maximum absolute atomic E-state index is 6.50. The molecule has 4 nitrogen and oxygen atoms in total. The monoisotopic (exact) mass is 315 g/mol. The average molecular weight is 316 g/mol. The van der Waals surface area contributed by atoms with Crippen LogP contribution in [0.25, 0.3) is 0 Å². The highest BCUT2D eigenvalue weighted by atomic mass is 32.2. The van der Waals surface area contributed by atoms with Crippen molar-refractivity contribution in [2.24, 2.45) is 23.3 Å². The molecule has 2 fully saturated rings. The number of nitrogens with zero attached hydrogens (tertiary/aromatic N) is 1. The predicted octanol–water partition coefficient (Wildman–Crippen LogP) is 2.23. The molecule has 0 spiro atoms. The summed E-state index contributed by atoms with van der Waals surface area (Å²) in [5, 5.41) is 0.666. The lowest BCUT2D eigenvalue weighted by Gasteiger charge is -2.38. The van der Waals surface area contributed by atoms with E-state index in [-0.39, 0.29) is 5.54 Å². The molecule has 124 valence electrons. The molecule has 3 atom stereocenters. The standard InChI is InChI=1S/C16H33N3OS/c1-4-13(5-7-17)15-9-16(15,18)6-8-20-14-10-19(11-14)21-12(2)3/h12-15H,4-11,17-18H2,1-3H3. The van der Waals surface area contributed by atoms with E-state index < -0.39 is 0 Å². The highest BCUT2D eigenvalue weighted by molar-refractivity contribution is 7.97. The normalized spacial score (nSPS) is 31.4. The first kappa shape index (κ1) is 17.5. The van der Waals surface area contributed by atoms with E-state index in [2.05, 4.69) is 25.1 Å². The Labute approximate surface area is 134 Å². The van der Waals surface area contributed by atoms with E-state index in [9.17, 15) is 0 Å². The van der Waals surface area contributed by atoms with Gasteiger partial charge >= 0.3 is 0 Å². The van der Waals surface area contributed by atoms with Gasteiger partial charge in [0.05, 0.1) is 6.10 Å². The maximum Gasteiger partial charge on any atom is 0.0847 e. The third-order valence-electron chi connectivity index (χ3n) is 4.90. The molecule has 0 aromatic carbocycles. The number of hydrogen-bond acceptors (Lipinski definition) is 5. The number of hydrogen-bond donors (Lipinski definition) is 2. The molecule has 0 radical (unpaired) electrons. The Bertz CT molecular complexity index is 323. The van der Waals surface area contributed by atoms with Crippen molar-refractivity contribution < 1.29 is 4.74 Å². The fourth-order valence-electron chi connectivity index (χ4n) is 3.48. The van der Waals surface area contributed by atoms with E-state index in [0.717, 1.165) is 45.5 Å². The molecule has 4 N–H and O–H groups in total. The van der Waals surface area contributed by atoms with E-state index in [1.165, 1.54) is 6.42 Å². The van der Waals surface area contributed by atoms with Crippen molar-refractivity contribution in [1.82, 2.24) is 4.31 Å². The number of ether oxygens (including phenoxy) is 1. The Morgan fingerprint density at radius 1 is 1.38 bits per heavy atom. The third-order valence-corrected chi connectivity index (χ3v) is 5.92. The van der Waals surface area contributed by atoms with Crippen molar-refractivity contribution in [2.75, 3.05) is 26.2 Å². The quantitative estimate of drug-likeness (QED) is 0.605. The number of nitrogens with two attached hydrogens (primary N) is 2. The zero-order chi connectivity index (χ0) is 15.5. The van der Waals surface area contributed by atoms with Gasteiger partial charge in [0.2, 0.25) is 0 Å². The summed E-state index contributed by atoms with van der Waals surface area (Å²) >= 11 is 1.93. The van der Waals surface area contributed by atoms with Crippen molar-refractivity contribution in [1.29, 1.82) is 0 Å². The summed E-state index contributed by atoms with van der Waals surface area (Å²) < 4.78 is 8.36. The second-order valence-electron chi connectivity index (χ2n) is 7.03. The molecule has 1 heterocycles. The van der Waals surface area contributed by atoms with Crippen molar-refractivity contribution in [3.05, 3.63) is 0 Å². The van der Waals surface area contributed by atoms with Crippen LogP contribution in [0.1, 0.15) is 46.5 Å². The molecule has 1 saturated heterocycles. The summed E-state index contributed by atoms with van der Waals surface area (Å²) in [6.07, 6.45) is 4.90. The minimum Gasteiger partial charge on any atom is -0.375 e. The van der Waals surface area contributed by atoms with Gasteiger partial charge in [-0.2, -0.15) is 0 Å². The van der Waals surface area contributed by atoms with E-state index in [0.29, 0.717) is 23.2 Å². The summed E-state index contributed by atoms with van der Waals surface area (Å²) in [7, 11) is 0. The second-order valence-corrected chi connectivity index (χ2v) is 8.70. The molecule has 1 aliphatic heterocycles. The highest BCUT2D eigenvalue weighted by Crippen LogP contribution is 2.50. The summed E-state index contributed by atoms with van der Waals surface area (Å²) in [6.45, 7) is 10.4. The Kier molecular flexibility index (Phi) is 6.38. The van der Waals surface area contributed by atoms with E-state index >= 15 is 0 Å². The van der Waals surface area contributed by atoms with Gasteiger partial charge in [0.25, 0.3) is 0 Å². The Balaban J connectivity index is 1.58. The Hall–Kier alpha value is 0.190. The number of rotatable bonds is 10. The summed E-state index contributed by atoms with van der Waals surface area (Å²) in [5.74, 6) is 1.38. The molecular weight excluding hydrogens is 282 g/mol. The van der Waals surface area contributed by atoms with Crippen LogP contribution in [0.3, 0.4) is 0 Å². The van der Waals surface area contributed by atoms with Crippen LogP contribution in [0.4, 0.5) is 0 Å². The van der Waals surface area contributed by atoms with Gasteiger partial charge in [-0.15, -0.1) is 0 Å². The minimum absolute atomic E-state index is 0.0337. The fourth-order valence-corrected chi connectivity index (χ4v) is 4.58. The van der Waals surface area contributed by atoms with Gasteiger partial charge in [0.15, 0.2) is 0 Å². The lowest BCUT2D eigenvalue weighted by Crippen LogP contribution is -2.49. The zero-order valence-electron chi connectivity index (χ0n) is 13.9. The lowest BCUT2D eigenvalue weighted by molar-refractivity contribution is -0.0199. The third kappa shape index (κ3) is 4.83. The smallest absolute Gasteiger partial charge is 0.0847 e. The highest BCUT2D eigenvalue weighted by Gasteiger charge is 2.53. The van der Waals surface area contributed by atoms with Crippen LogP contribution in [0, 0.1) is 11.8 Å². The van der Waals surface area contributed by atoms with Crippen LogP contribution in [-0.4, -0.2) is 47.4 Å². The molecule has 0 aromatic heterocycles. The molecule has 5 heteroatoms. The Morgan fingerprint density at radius 2 is 2.10 bits per heavy atom. The molecule has 2 aliphatic rings. The average Bonchev–Trinajstić information content (AvgIpc) is 3.04. The van der Waals surface area contributed by atoms with Crippen LogP contribution < -0.4 is 11.5 Å². The molecule has 0 bridgehead atoms. The summed E-state index contributed by atoms with van der Waals surface area (Å²) in [6, 6.07) is 0. The fraction of sp³-hybridized carbons (Fsp3) is 1.00. The van der Waals surface area contributed by atoms with Crippen LogP contribution >= 0.6 is 11.9 Å². The molecule has 2 rings (SSSR count). The van der Waals surface area contributed by atoms with E-state index in [1.807, 2.05) is 11.9 Å². The zero-order valence-corrected chi connectivity index (χ0v) is 14.7. The van der Waals surface area contributed by atoms with Gasteiger partial charge in [-0.25, -0.2) is 4.31 Å². The summed E-state index contributed by atoms with van der Waals surface area (Å²) in [4.78, 5) is 0. The van der Waals surface area contributed by atoms with Crippen LogP contribution in [0.5, 0.6) is 0 Å². The molecule has 1 aliphatic carbocycles. The minimum atomic E-state index is 0.0337. The molecular formula is C16H33N3OS. The van der Waals surface area contributed by atoms with Crippen molar-refractivity contribution in [3.63, 3.8) is 0 Å². The SMILES string of the molecule is CCC(CCN)C1CC1(N)CCOC1CN(SC(C)C)C1. The van der Waals surface area contributed by atoms with Crippen LogP contribution in [-0.2, 0) is 4.74 Å². The van der Waals surface area contributed by atoms with Crippen molar-refractivity contribution in [3.8, 4) is 0 Å². The van der Waals surface area contributed by atoms with Gasteiger partial charge in [-0.1, -0.05) is 39.1 Å². The molecule has 3 unspecified atom stereocenters. The Morgan fingerprint density at radius 3 is 2.67 bits per heavy atom. The van der Waals surface area contributed by atoms with Gasteiger partial charge < -0.3 is 16.2 Å². The molecule has 0 aromatic rings. The first-order valence-electron chi connectivity index (χ1n) is 8.50. The second kappa shape index (κ2) is 7.64. The van der Waals surface area contributed by atoms with Gasteiger partial charge in [0, 0.05) is 30.5 Å².